The molecular formula is C22H26N4O4S. The molecular weight excluding hydrogens is 416 g/mol. The van der Waals surface area contributed by atoms with E-state index in [4.69, 9.17) is 4.74 Å². The third-order valence-corrected chi connectivity index (χ3v) is 6.17. The summed E-state index contributed by atoms with van der Waals surface area (Å²) in [7, 11) is -3.93. The first kappa shape index (κ1) is 22.5. The fraction of sp³-hybridized carbons (Fsp3) is 0.318. The van der Waals surface area contributed by atoms with Gasteiger partial charge in [0.15, 0.2) is 0 Å². The van der Waals surface area contributed by atoms with E-state index in [1.165, 1.54) is 28.6 Å². The summed E-state index contributed by atoms with van der Waals surface area (Å²) in [6, 6.07) is 8.29. The number of carbonyl (C=O) groups excluding carboxylic acids is 1. The van der Waals surface area contributed by atoms with Gasteiger partial charge in [-0.25, -0.2) is 17.2 Å². The smallest absolute Gasteiger partial charge is 0.408 e. The molecule has 8 nitrogen and oxygen atoms in total. The zero-order valence-corrected chi connectivity index (χ0v) is 19.0. The Labute approximate surface area is 182 Å². The number of amides is 1. The number of pyridine rings is 2. The second-order valence-corrected chi connectivity index (χ2v) is 10.0. The highest BCUT2D eigenvalue weighted by molar-refractivity contribution is 7.90. The van der Waals surface area contributed by atoms with E-state index < -0.39 is 27.8 Å². The van der Waals surface area contributed by atoms with Gasteiger partial charge >= 0.3 is 6.09 Å². The van der Waals surface area contributed by atoms with Crippen LogP contribution in [-0.2, 0) is 14.8 Å². The van der Waals surface area contributed by atoms with Crippen molar-refractivity contribution in [1.29, 1.82) is 0 Å². The standard InChI is InChI=1S/C22H26N4O4S/c1-15-19(9-7-11-24-15)20-12-17(16(2)30-21(27)25-22(3,4)5)14-26(20)31(28,29)18-8-6-10-23-13-18/h6-14,16H,1-5H3,(H,25,27). The lowest BCUT2D eigenvalue weighted by Crippen LogP contribution is -2.41. The third kappa shape index (κ3) is 5.11. The third-order valence-electron chi connectivity index (χ3n) is 4.51. The lowest BCUT2D eigenvalue weighted by Gasteiger charge is -2.21. The van der Waals surface area contributed by atoms with Crippen LogP contribution in [0.1, 0.15) is 45.1 Å². The van der Waals surface area contributed by atoms with E-state index >= 15 is 0 Å². The molecule has 0 aliphatic rings. The Morgan fingerprint density at radius 1 is 1.19 bits per heavy atom. The average molecular weight is 443 g/mol. The van der Waals surface area contributed by atoms with Gasteiger partial charge in [-0.2, -0.15) is 0 Å². The van der Waals surface area contributed by atoms with Gasteiger partial charge in [-0.15, -0.1) is 0 Å². The molecule has 31 heavy (non-hydrogen) atoms. The summed E-state index contributed by atoms with van der Waals surface area (Å²) in [5.74, 6) is 0. The lowest BCUT2D eigenvalue weighted by atomic mass is 10.1. The van der Waals surface area contributed by atoms with Gasteiger partial charge in [0.1, 0.15) is 11.0 Å². The molecule has 3 aromatic rings. The molecule has 0 saturated heterocycles. The monoisotopic (exact) mass is 442 g/mol. The molecule has 0 spiro atoms. The summed E-state index contributed by atoms with van der Waals surface area (Å²) >= 11 is 0. The van der Waals surface area contributed by atoms with Gasteiger partial charge in [0.05, 0.1) is 5.69 Å². The number of hydrogen-bond acceptors (Lipinski definition) is 6. The number of nitrogens with one attached hydrogen (secondary N) is 1. The van der Waals surface area contributed by atoms with Crippen molar-refractivity contribution in [3.63, 3.8) is 0 Å². The molecule has 1 unspecified atom stereocenters. The number of ether oxygens (including phenoxy) is 1. The summed E-state index contributed by atoms with van der Waals surface area (Å²) in [4.78, 5) is 20.5. The maximum Gasteiger partial charge on any atom is 0.408 e. The molecule has 164 valence electrons. The topological polar surface area (TPSA) is 103 Å². The highest BCUT2D eigenvalue weighted by atomic mass is 32.2. The molecule has 9 heteroatoms. The fourth-order valence-electron chi connectivity index (χ4n) is 3.01. The van der Waals surface area contributed by atoms with Gasteiger partial charge in [0, 0.05) is 47.1 Å². The number of aromatic nitrogens is 3. The zero-order valence-electron chi connectivity index (χ0n) is 18.2. The molecule has 1 atom stereocenters. The van der Waals surface area contributed by atoms with Crippen molar-refractivity contribution in [3.05, 3.63) is 66.4 Å². The number of hydrogen-bond donors (Lipinski definition) is 1. The highest BCUT2D eigenvalue weighted by Crippen LogP contribution is 2.31. The van der Waals surface area contributed by atoms with Crippen molar-refractivity contribution >= 4 is 16.1 Å². The SMILES string of the molecule is Cc1ncccc1-c1cc(C(C)OC(=O)NC(C)(C)C)cn1S(=O)(=O)c1cccnc1. The summed E-state index contributed by atoms with van der Waals surface area (Å²) < 4.78 is 33.4. The van der Waals surface area contributed by atoms with Crippen molar-refractivity contribution < 1.29 is 17.9 Å². The molecule has 3 aromatic heterocycles. The number of alkyl carbamates (subject to hydrolysis) is 1. The minimum Gasteiger partial charge on any atom is -0.442 e. The number of rotatable bonds is 5. The molecule has 1 N–H and O–H groups in total. The largest absolute Gasteiger partial charge is 0.442 e. The molecule has 0 fully saturated rings. The second kappa shape index (κ2) is 8.50. The van der Waals surface area contributed by atoms with Crippen LogP contribution in [0, 0.1) is 6.92 Å². The Balaban J connectivity index is 2.07. The first-order valence-electron chi connectivity index (χ1n) is 9.78. The predicted molar refractivity (Wildman–Crippen MR) is 117 cm³/mol. The minimum absolute atomic E-state index is 0.0546. The van der Waals surface area contributed by atoms with E-state index in [1.807, 2.05) is 20.8 Å². The lowest BCUT2D eigenvalue weighted by molar-refractivity contribution is 0.100. The normalized spacial score (nSPS) is 12.9. The number of aryl methyl sites for hydroxylation is 1. The van der Waals surface area contributed by atoms with Crippen molar-refractivity contribution in [2.75, 3.05) is 0 Å². The van der Waals surface area contributed by atoms with E-state index in [9.17, 15) is 13.2 Å². The zero-order chi connectivity index (χ0) is 22.8. The summed E-state index contributed by atoms with van der Waals surface area (Å²) in [5.41, 5.74) is 1.84. The Morgan fingerprint density at radius 3 is 2.52 bits per heavy atom. The Kier molecular flexibility index (Phi) is 6.17. The van der Waals surface area contributed by atoms with Gasteiger partial charge in [0.25, 0.3) is 10.0 Å². The van der Waals surface area contributed by atoms with E-state index in [1.54, 1.807) is 44.3 Å². The second-order valence-electron chi connectivity index (χ2n) is 8.21. The highest BCUT2D eigenvalue weighted by Gasteiger charge is 2.26. The van der Waals surface area contributed by atoms with Crippen LogP contribution < -0.4 is 5.32 Å². The van der Waals surface area contributed by atoms with Crippen LogP contribution in [-0.4, -0.2) is 34.0 Å². The number of carbonyl (C=O) groups is 1. The maximum absolute atomic E-state index is 13.4. The van der Waals surface area contributed by atoms with Gasteiger partial charge in [-0.1, -0.05) is 0 Å². The minimum atomic E-state index is -3.93. The van der Waals surface area contributed by atoms with Crippen LogP contribution >= 0.6 is 0 Å². The van der Waals surface area contributed by atoms with E-state index in [-0.39, 0.29) is 4.90 Å². The first-order chi connectivity index (χ1) is 14.5. The average Bonchev–Trinajstić information content (AvgIpc) is 3.14. The molecule has 3 rings (SSSR count). The van der Waals surface area contributed by atoms with E-state index in [0.29, 0.717) is 22.5 Å². The first-order valence-corrected chi connectivity index (χ1v) is 11.2. The van der Waals surface area contributed by atoms with Gasteiger partial charge in [-0.3, -0.25) is 9.97 Å². The summed E-state index contributed by atoms with van der Waals surface area (Å²) in [5, 5.41) is 2.73. The fourth-order valence-corrected chi connectivity index (χ4v) is 4.36. The molecule has 0 bridgehead atoms. The van der Waals surface area contributed by atoms with Gasteiger partial charge < -0.3 is 10.1 Å². The predicted octanol–water partition coefficient (Wildman–Crippen LogP) is 4.08. The van der Waals surface area contributed by atoms with Crippen molar-refractivity contribution in [2.45, 2.75) is 51.2 Å². The van der Waals surface area contributed by atoms with Gasteiger partial charge in [-0.05, 0) is 65.0 Å². The van der Waals surface area contributed by atoms with Crippen LogP contribution in [0.2, 0.25) is 0 Å². The van der Waals surface area contributed by atoms with Crippen LogP contribution in [0.4, 0.5) is 4.79 Å². The maximum atomic E-state index is 13.4. The van der Waals surface area contributed by atoms with Crippen LogP contribution in [0.15, 0.2) is 60.0 Å². The summed E-state index contributed by atoms with van der Waals surface area (Å²) in [6.45, 7) is 9.04. The molecule has 0 aromatic carbocycles. The molecule has 1 amide bonds. The van der Waals surface area contributed by atoms with E-state index in [0.717, 1.165) is 0 Å². The van der Waals surface area contributed by atoms with Crippen molar-refractivity contribution in [1.82, 2.24) is 19.3 Å². The Morgan fingerprint density at radius 2 is 1.90 bits per heavy atom. The van der Waals surface area contributed by atoms with Crippen molar-refractivity contribution in [3.8, 4) is 11.3 Å². The molecule has 0 radical (unpaired) electrons. The quantitative estimate of drug-likeness (QED) is 0.639. The van der Waals surface area contributed by atoms with Crippen LogP contribution in [0.5, 0.6) is 0 Å². The van der Waals surface area contributed by atoms with Crippen molar-refractivity contribution in [2.24, 2.45) is 0 Å². The summed E-state index contributed by atoms with van der Waals surface area (Å²) in [6.07, 6.45) is 4.66. The molecule has 0 saturated carbocycles. The molecule has 3 heterocycles. The number of nitrogens with zero attached hydrogens (tertiary/aromatic N) is 3. The van der Waals surface area contributed by atoms with E-state index in [2.05, 4.69) is 15.3 Å². The molecule has 0 aliphatic heterocycles. The van der Waals surface area contributed by atoms with Gasteiger partial charge in [0.2, 0.25) is 0 Å². The Bertz CT molecular complexity index is 1180. The van der Waals surface area contributed by atoms with Crippen LogP contribution in [0.25, 0.3) is 11.3 Å². The van der Waals surface area contributed by atoms with Crippen LogP contribution in [0.3, 0.4) is 0 Å². The Hall–Kier alpha value is -3.20. The molecule has 0 aliphatic carbocycles.